The lowest BCUT2D eigenvalue weighted by Gasteiger charge is -2.05. The average Bonchev–Trinajstić information content (AvgIpc) is 2.61. The standard InChI is InChI=1S/C14H11N/c1-2-6-13-12(5-1)8-7-11-4-3-9-15-14(13)10-11/h1-9H,10H2. The van der Waals surface area contributed by atoms with E-state index < -0.39 is 0 Å². The van der Waals surface area contributed by atoms with Crippen LogP contribution in [0.3, 0.4) is 0 Å². The van der Waals surface area contributed by atoms with Gasteiger partial charge in [-0.2, -0.15) is 0 Å². The zero-order chi connectivity index (χ0) is 10.1. The van der Waals surface area contributed by atoms with Gasteiger partial charge in [-0.1, -0.05) is 42.5 Å². The highest BCUT2D eigenvalue weighted by Gasteiger charge is 2.12. The molecule has 0 spiro atoms. The Balaban J connectivity index is 2.26. The van der Waals surface area contributed by atoms with Crippen molar-refractivity contribution in [2.24, 2.45) is 4.99 Å². The van der Waals surface area contributed by atoms with Gasteiger partial charge < -0.3 is 0 Å². The fourth-order valence-corrected chi connectivity index (χ4v) is 1.98. The maximum absolute atomic E-state index is 4.49. The minimum atomic E-state index is 0.931. The molecule has 1 aromatic carbocycles. The van der Waals surface area contributed by atoms with Gasteiger partial charge in [-0.05, 0) is 17.2 Å². The Kier molecular flexibility index (Phi) is 1.88. The molecule has 0 saturated carbocycles. The Morgan fingerprint density at radius 2 is 2.00 bits per heavy atom. The predicted molar refractivity (Wildman–Crippen MR) is 63.9 cm³/mol. The normalized spacial score (nSPS) is 17.3. The fourth-order valence-electron chi connectivity index (χ4n) is 1.98. The van der Waals surface area contributed by atoms with E-state index in [2.05, 4.69) is 47.5 Å². The van der Waals surface area contributed by atoms with Gasteiger partial charge in [0, 0.05) is 18.2 Å². The van der Waals surface area contributed by atoms with Crippen molar-refractivity contribution in [2.45, 2.75) is 6.42 Å². The maximum atomic E-state index is 4.49. The van der Waals surface area contributed by atoms with E-state index in [1.54, 1.807) is 0 Å². The van der Waals surface area contributed by atoms with Crippen LogP contribution in [0.25, 0.3) is 6.08 Å². The van der Waals surface area contributed by atoms with Gasteiger partial charge in [0.15, 0.2) is 0 Å². The molecule has 3 rings (SSSR count). The van der Waals surface area contributed by atoms with Crippen molar-refractivity contribution in [3.63, 3.8) is 0 Å². The van der Waals surface area contributed by atoms with Gasteiger partial charge in [0.25, 0.3) is 0 Å². The molecule has 0 amide bonds. The van der Waals surface area contributed by atoms with E-state index in [-0.39, 0.29) is 0 Å². The number of benzene rings is 1. The summed E-state index contributed by atoms with van der Waals surface area (Å²) >= 11 is 0. The maximum Gasteiger partial charge on any atom is 0.0525 e. The van der Waals surface area contributed by atoms with Crippen LogP contribution in [-0.4, -0.2) is 5.71 Å². The second kappa shape index (κ2) is 3.35. The van der Waals surface area contributed by atoms with Crippen LogP contribution in [0, 0.1) is 0 Å². The van der Waals surface area contributed by atoms with Gasteiger partial charge >= 0.3 is 0 Å². The topological polar surface area (TPSA) is 12.4 Å². The molecule has 1 heterocycles. The van der Waals surface area contributed by atoms with Crippen molar-refractivity contribution >= 4 is 11.8 Å². The number of hydrogen-bond donors (Lipinski definition) is 0. The van der Waals surface area contributed by atoms with Gasteiger partial charge in [-0.3, -0.25) is 4.99 Å². The van der Waals surface area contributed by atoms with Crippen molar-refractivity contribution in [1.82, 2.24) is 0 Å². The Morgan fingerprint density at radius 1 is 1.07 bits per heavy atom. The molecule has 1 heteroatoms. The number of aliphatic imine (C=N–C) groups is 1. The first-order chi connectivity index (χ1) is 7.43. The molecule has 2 aliphatic rings. The minimum absolute atomic E-state index is 0.931. The number of fused-ring (bicyclic) bond motifs is 4. The van der Waals surface area contributed by atoms with Crippen molar-refractivity contribution in [2.75, 3.05) is 0 Å². The lowest BCUT2D eigenvalue weighted by molar-refractivity contribution is 1.35. The van der Waals surface area contributed by atoms with E-state index in [0.717, 1.165) is 12.1 Å². The zero-order valence-electron chi connectivity index (χ0n) is 8.35. The van der Waals surface area contributed by atoms with Crippen LogP contribution >= 0.6 is 0 Å². The van der Waals surface area contributed by atoms with Crippen LogP contribution in [0.5, 0.6) is 0 Å². The molecule has 2 bridgehead atoms. The van der Waals surface area contributed by atoms with Crippen LogP contribution in [0.1, 0.15) is 17.5 Å². The van der Waals surface area contributed by atoms with Crippen molar-refractivity contribution in [3.05, 3.63) is 65.4 Å². The summed E-state index contributed by atoms with van der Waals surface area (Å²) in [5, 5.41) is 0. The lowest BCUT2D eigenvalue weighted by Crippen LogP contribution is -2.01. The molecule has 0 aromatic heterocycles. The van der Waals surface area contributed by atoms with Crippen LogP contribution < -0.4 is 0 Å². The second-order valence-corrected chi connectivity index (χ2v) is 3.76. The molecule has 15 heavy (non-hydrogen) atoms. The first-order valence-corrected chi connectivity index (χ1v) is 5.13. The van der Waals surface area contributed by atoms with Crippen molar-refractivity contribution < 1.29 is 0 Å². The first kappa shape index (κ1) is 8.42. The van der Waals surface area contributed by atoms with Gasteiger partial charge in [-0.15, -0.1) is 0 Å². The monoisotopic (exact) mass is 193 g/mol. The van der Waals surface area contributed by atoms with Crippen molar-refractivity contribution in [3.8, 4) is 0 Å². The Morgan fingerprint density at radius 3 is 3.00 bits per heavy atom. The molecule has 0 fully saturated rings. The summed E-state index contributed by atoms with van der Waals surface area (Å²) in [5.74, 6) is 0. The Labute approximate surface area is 89.2 Å². The summed E-state index contributed by atoms with van der Waals surface area (Å²) in [5.41, 5.74) is 4.99. The number of allylic oxidation sites excluding steroid dienone is 4. The number of nitrogens with zero attached hydrogens (tertiary/aromatic N) is 1. The second-order valence-electron chi connectivity index (χ2n) is 3.76. The molecule has 0 saturated heterocycles. The third kappa shape index (κ3) is 1.46. The summed E-state index contributed by atoms with van der Waals surface area (Å²) in [6.07, 6.45) is 11.3. The highest BCUT2D eigenvalue weighted by atomic mass is 14.7. The van der Waals surface area contributed by atoms with Gasteiger partial charge in [0.2, 0.25) is 0 Å². The van der Waals surface area contributed by atoms with Crippen LogP contribution in [0.15, 0.2) is 59.3 Å². The van der Waals surface area contributed by atoms with Crippen molar-refractivity contribution in [1.29, 1.82) is 0 Å². The van der Waals surface area contributed by atoms with E-state index in [0.29, 0.717) is 0 Å². The molecule has 1 aliphatic carbocycles. The summed E-state index contributed by atoms with van der Waals surface area (Å²) in [4.78, 5) is 4.49. The highest BCUT2D eigenvalue weighted by Crippen LogP contribution is 2.23. The van der Waals surface area contributed by atoms with E-state index >= 15 is 0 Å². The fraction of sp³-hybridized carbons (Fsp3) is 0.0714. The van der Waals surface area contributed by atoms with Gasteiger partial charge in [0.05, 0.1) is 5.71 Å². The first-order valence-electron chi connectivity index (χ1n) is 5.13. The molecule has 1 aromatic rings. The van der Waals surface area contributed by atoms with E-state index in [4.69, 9.17) is 0 Å². The van der Waals surface area contributed by atoms with Gasteiger partial charge in [0.1, 0.15) is 0 Å². The molecule has 0 unspecified atom stereocenters. The van der Waals surface area contributed by atoms with Crippen LogP contribution in [0.2, 0.25) is 0 Å². The quantitative estimate of drug-likeness (QED) is 0.599. The third-order valence-electron chi connectivity index (χ3n) is 2.75. The smallest absolute Gasteiger partial charge is 0.0525 e. The largest absolute Gasteiger partial charge is 0.260 e. The Hall–Kier alpha value is -1.89. The molecule has 0 radical (unpaired) electrons. The summed E-state index contributed by atoms with van der Waals surface area (Å²) in [6, 6.07) is 8.41. The van der Waals surface area contributed by atoms with E-state index in [1.807, 2.05) is 12.3 Å². The van der Waals surface area contributed by atoms with E-state index in [9.17, 15) is 0 Å². The average molecular weight is 193 g/mol. The summed E-state index contributed by atoms with van der Waals surface area (Å²) < 4.78 is 0. The highest BCUT2D eigenvalue weighted by molar-refractivity contribution is 6.06. The summed E-state index contributed by atoms with van der Waals surface area (Å²) in [6.45, 7) is 0. The van der Waals surface area contributed by atoms with Gasteiger partial charge in [-0.25, -0.2) is 0 Å². The lowest BCUT2D eigenvalue weighted by atomic mass is 10.0. The zero-order valence-corrected chi connectivity index (χ0v) is 8.35. The predicted octanol–water partition coefficient (Wildman–Crippen LogP) is 3.35. The SMILES string of the molecule is C1=CN=C2CC(=C1)C=Cc1ccccc12. The molecule has 72 valence electrons. The third-order valence-corrected chi connectivity index (χ3v) is 2.75. The molecule has 0 atom stereocenters. The molecular formula is C14H11N. The van der Waals surface area contributed by atoms with Crippen LogP contribution in [0.4, 0.5) is 0 Å². The molecule has 0 N–H and O–H groups in total. The minimum Gasteiger partial charge on any atom is -0.260 e. The van der Waals surface area contributed by atoms with Crippen LogP contribution in [-0.2, 0) is 0 Å². The molecule has 1 nitrogen and oxygen atoms in total. The molecule has 1 aliphatic heterocycles. The van der Waals surface area contributed by atoms with E-state index in [1.165, 1.54) is 16.7 Å². The number of hydrogen-bond acceptors (Lipinski definition) is 1. The summed E-state index contributed by atoms with van der Waals surface area (Å²) in [7, 11) is 0. The molecular weight excluding hydrogens is 182 g/mol. The Bertz CT molecular complexity index is 516. The number of rotatable bonds is 0.